The van der Waals surface area contributed by atoms with Crippen LogP contribution in [-0.4, -0.2) is 56.3 Å². The zero-order chi connectivity index (χ0) is 21.9. The van der Waals surface area contributed by atoms with Crippen LogP contribution in [0.2, 0.25) is 0 Å². The molecule has 0 saturated carbocycles. The molecule has 32 heavy (non-hydrogen) atoms. The summed E-state index contributed by atoms with van der Waals surface area (Å²) in [5.41, 5.74) is 3.03. The Morgan fingerprint density at radius 3 is 2.94 bits per heavy atom. The molecule has 1 saturated heterocycles. The molecule has 2 N–H and O–H groups in total. The molecule has 1 fully saturated rings. The quantitative estimate of drug-likeness (QED) is 0.503. The summed E-state index contributed by atoms with van der Waals surface area (Å²) in [5, 5.41) is 18.5. The Morgan fingerprint density at radius 2 is 2.06 bits per heavy atom. The average molecular weight is 429 g/mol. The number of nitrogens with zero attached hydrogens (tertiary/aromatic N) is 4. The van der Waals surface area contributed by atoms with E-state index in [4.69, 9.17) is 4.52 Å². The number of fused-ring (bicyclic) bond motifs is 1. The molecule has 8 nitrogen and oxygen atoms in total. The topological polar surface area (TPSA) is 104 Å². The molecule has 0 unspecified atom stereocenters. The standard InChI is InChI=1S/C24H23N5O3/c30-20-10-19(27-24(31)17-5-6-22-16(9-17)3-2-8-26-22)13-29(14-20)15-21-11-23(28-32-21)18-4-1-7-25-12-18/h1-9,11-12,19-20,30H,10,13-15H2,(H,27,31)/t19-,20+/m0/s1. The predicted molar refractivity (Wildman–Crippen MR) is 119 cm³/mol. The van der Waals surface area contributed by atoms with Crippen LogP contribution < -0.4 is 5.32 Å². The van der Waals surface area contributed by atoms with Gasteiger partial charge in [-0.05, 0) is 42.8 Å². The minimum atomic E-state index is -0.532. The summed E-state index contributed by atoms with van der Waals surface area (Å²) in [4.78, 5) is 23.3. The maximum absolute atomic E-state index is 12.8. The van der Waals surface area contributed by atoms with Gasteiger partial charge in [-0.25, -0.2) is 0 Å². The number of nitrogens with one attached hydrogen (secondary N) is 1. The van der Waals surface area contributed by atoms with Gasteiger partial charge in [0.15, 0.2) is 5.76 Å². The third-order valence-corrected chi connectivity index (χ3v) is 5.60. The number of aliphatic hydroxyl groups is 1. The lowest BCUT2D eigenvalue weighted by Gasteiger charge is -2.35. The first-order valence-corrected chi connectivity index (χ1v) is 10.6. The molecule has 1 aliphatic heterocycles. The molecule has 0 bridgehead atoms. The van der Waals surface area contributed by atoms with Crippen LogP contribution in [0.25, 0.3) is 22.2 Å². The van der Waals surface area contributed by atoms with Gasteiger partial charge in [-0.2, -0.15) is 0 Å². The molecule has 4 heterocycles. The predicted octanol–water partition coefficient (Wildman–Crippen LogP) is 2.65. The van der Waals surface area contributed by atoms with Gasteiger partial charge in [-0.1, -0.05) is 11.2 Å². The van der Waals surface area contributed by atoms with Crippen LogP contribution in [0.3, 0.4) is 0 Å². The van der Waals surface area contributed by atoms with E-state index in [0.29, 0.717) is 37.4 Å². The number of aliphatic hydroxyl groups excluding tert-OH is 1. The Kier molecular flexibility index (Phi) is 5.62. The van der Waals surface area contributed by atoms with Gasteiger partial charge in [0.2, 0.25) is 0 Å². The van der Waals surface area contributed by atoms with E-state index < -0.39 is 6.10 Å². The van der Waals surface area contributed by atoms with Gasteiger partial charge in [0.05, 0.1) is 18.2 Å². The molecule has 3 aromatic heterocycles. The maximum atomic E-state index is 12.8. The van der Waals surface area contributed by atoms with Crippen molar-refractivity contribution in [2.45, 2.75) is 25.1 Å². The average Bonchev–Trinajstić information content (AvgIpc) is 3.27. The number of carbonyl (C=O) groups excluding carboxylic acids is 1. The summed E-state index contributed by atoms with van der Waals surface area (Å²) in [6, 6.07) is 14.7. The Bertz CT molecular complexity index is 1230. The van der Waals surface area contributed by atoms with Crippen LogP contribution in [0, 0.1) is 0 Å². The molecular weight excluding hydrogens is 406 g/mol. The van der Waals surface area contributed by atoms with E-state index in [2.05, 4.69) is 25.3 Å². The van der Waals surface area contributed by atoms with Gasteiger partial charge in [-0.3, -0.25) is 19.7 Å². The molecule has 4 aromatic rings. The van der Waals surface area contributed by atoms with Crippen LogP contribution in [0.15, 0.2) is 71.6 Å². The summed E-state index contributed by atoms with van der Waals surface area (Å²) in [6.07, 6.45) is 5.16. The summed E-state index contributed by atoms with van der Waals surface area (Å²) in [5.74, 6) is 0.540. The van der Waals surface area contributed by atoms with Crippen molar-refractivity contribution in [3.05, 3.63) is 78.4 Å². The van der Waals surface area contributed by atoms with Crippen molar-refractivity contribution in [1.82, 2.24) is 25.3 Å². The van der Waals surface area contributed by atoms with Gasteiger partial charge in [0, 0.05) is 60.3 Å². The number of hydrogen-bond acceptors (Lipinski definition) is 7. The van der Waals surface area contributed by atoms with Gasteiger partial charge < -0.3 is 14.9 Å². The summed E-state index contributed by atoms with van der Waals surface area (Å²) in [6.45, 7) is 1.62. The van der Waals surface area contributed by atoms with E-state index in [1.807, 2.05) is 42.5 Å². The fourth-order valence-electron chi connectivity index (χ4n) is 4.14. The van der Waals surface area contributed by atoms with Crippen molar-refractivity contribution in [1.29, 1.82) is 0 Å². The smallest absolute Gasteiger partial charge is 0.251 e. The lowest BCUT2D eigenvalue weighted by Crippen LogP contribution is -2.52. The summed E-state index contributed by atoms with van der Waals surface area (Å²) in [7, 11) is 0. The lowest BCUT2D eigenvalue weighted by molar-refractivity contribution is 0.0423. The second-order valence-electron chi connectivity index (χ2n) is 8.09. The van der Waals surface area contributed by atoms with E-state index in [-0.39, 0.29) is 11.9 Å². The summed E-state index contributed by atoms with van der Waals surface area (Å²) >= 11 is 0. The van der Waals surface area contributed by atoms with E-state index in [1.165, 1.54) is 0 Å². The van der Waals surface area contributed by atoms with Crippen molar-refractivity contribution in [2.75, 3.05) is 13.1 Å². The highest BCUT2D eigenvalue weighted by molar-refractivity contribution is 5.98. The molecule has 0 radical (unpaired) electrons. The molecule has 5 rings (SSSR count). The molecule has 1 amide bonds. The van der Waals surface area contributed by atoms with Gasteiger partial charge >= 0.3 is 0 Å². The SMILES string of the molecule is O=C(N[C@H]1C[C@@H](O)CN(Cc2cc(-c3cccnc3)no2)C1)c1ccc2ncccc2c1. The molecule has 1 aliphatic rings. The molecule has 8 heteroatoms. The van der Waals surface area contributed by atoms with E-state index in [0.717, 1.165) is 22.2 Å². The number of piperidine rings is 1. The molecule has 2 atom stereocenters. The van der Waals surface area contributed by atoms with Gasteiger partial charge in [0.25, 0.3) is 5.91 Å². The monoisotopic (exact) mass is 429 g/mol. The van der Waals surface area contributed by atoms with Crippen LogP contribution >= 0.6 is 0 Å². The highest BCUT2D eigenvalue weighted by Crippen LogP contribution is 2.21. The van der Waals surface area contributed by atoms with E-state index >= 15 is 0 Å². The zero-order valence-corrected chi connectivity index (χ0v) is 17.4. The zero-order valence-electron chi connectivity index (χ0n) is 17.4. The molecule has 0 spiro atoms. The number of likely N-dealkylation sites (tertiary alicyclic amines) is 1. The fraction of sp³-hybridized carbons (Fsp3) is 0.250. The molecule has 162 valence electrons. The number of pyridine rings is 2. The first-order valence-electron chi connectivity index (χ1n) is 10.6. The first kappa shape index (κ1) is 20.3. The molecule has 1 aromatic carbocycles. The second kappa shape index (κ2) is 8.86. The second-order valence-corrected chi connectivity index (χ2v) is 8.09. The number of carbonyl (C=O) groups is 1. The number of amides is 1. The minimum Gasteiger partial charge on any atom is -0.392 e. The number of aromatic nitrogens is 3. The fourth-order valence-corrected chi connectivity index (χ4v) is 4.14. The third-order valence-electron chi connectivity index (χ3n) is 5.60. The van der Waals surface area contributed by atoms with Gasteiger partial charge in [0.1, 0.15) is 5.69 Å². The molecule has 0 aliphatic carbocycles. The van der Waals surface area contributed by atoms with E-state index in [1.54, 1.807) is 24.7 Å². The Morgan fingerprint density at radius 1 is 1.16 bits per heavy atom. The number of β-amino-alcohol motifs (C(OH)–C–C–N with tert-alkyl or cyclic N) is 1. The normalized spacial score (nSPS) is 19.2. The summed E-state index contributed by atoms with van der Waals surface area (Å²) < 4.78 is 5.49. The highest BCUT2D eigenvalue weighted by atomic mass is 16.5. The van der Waals surface area contributed by atoms with Crippen molar-refractivity contribution in [3.8, 4) is 11.3 Å². The molecular formula is C24H23N5O3. The Hall–Kier alpha value is -3.62. The van der Waals surface area contributed by atoms with Crippen molar-refractivity contribution >= 4 is 16.8 Å². The van der Waals surface area contributed by atoms with Crippen LogP contribution in [0.5, 0.6) is 0 Å². The van der Waals surface area contributed by atoms with Crippen LogP contribution in [0.4, 0.5) is 0 Å². The van der Waals surface area contributed by atoms with Crippen LogP contribution in [-0.2, 0) is 6.54 Å². The van der Waals surface area contributed by atoms with Crippen LogP contribution in [0.1, 0.15) is 22.5 Å². The minimum absolute atomic E-state index is 0.159. The van der Waals surface area contributed by atoms with Crippen molar-refractivity contribution in [3.63, 3.8) is 0 Å². The van der Waals surface area contributed by atoms with Crippen molar-refractivity contribution in [2.24, 2.45) is 0 Å². The Balaban J connectivity index is 1.24. The van der Waals surface area contributed by atoms with Crippen molar-refractivity contribution < 1.29 is 14.4 Å². The third kappa shape index (κ3) is 4.51. The number of benzene rings is 1. The Labute approximate surface area is 184 Å². The number of hydrogen-bond donors (Lipinski definition) is 2. The number of rotatable bonds is 5. The largest absolute Gasteiger partial charge is 0.392 e. The highest BCUT2D eigenvalue weighted by Gasteiger charge is 2.28. The van der Waals surface area contributed by atoms with E-state index in [9.17, 15) is 9.90 Å². The maximum Gasteiger partial charge on any atom is 0.251 e. The first-order chi connectivity index (χ1) is 15.6. The van der Waals surface area contributed by atoms with Gasteiger partial charge in [-0.15, -0.1) is 0 Å². The lowest BCUT2D eigenvalue weighted by atomic mass is 10.0.